The minimum absolute atomic E-state index is 0.0669. The largest absolute Gasteiger partial charge is 0.324 e. The summed E-state index contributed by atoms with van der Waals surface area (Å²) in [6, 6.07) is 12.1. The molecule has 0 saturated heterocycles. The molecular weight excluding hydrogens is 234 g/mol. The summed E-state index contributed by atoms with van der Waals surface area (Å²) in [5.74, 6) is 0. The van der Waals surface area contributed by atoms with Crippen LogP contribution in [0.5, 0.6) is 0 Å². The summed E-state index contributed by atoms with van der Waals surface area (Å²) < 4.78 is 0. The van der Waals surface area contributed by atoms with Crippen molar-refractivity contribution in [2.24, 2.45) is 5.73 Å². The van der Waals surface area contributed by atoms with Gasteiger partial charge in [0.05, 0.1) is 0 Å². The lowest BCUT2D eigenvalue weighted by molar-refractivity contribution is 0.722. The standard InChI is InChI=1S/C16H15N3/c17-16(8-12-4-3-7-18-9-12)15-11-19-10-13-5-1-2-6-14(13)15/h1-7,9-11,16H,8,17H2. The third kappa shape index (κ3) is 2.46. The van der Waals surface area contributed by atoms with Crippen molar-refractivity contribution in [1.29, 1.82) is 0 Å². The molecule has 0 aliphatic heterocycles. The summed E-state index contributed by atoms with van der Waals surface area (Å²) >= 11 is 0. The fraction of sp³-hybridized carbons (Fsp3) is 0.125. The molecule has 1 aromatic carbocycles. The van der Waals surface area contributed by atoms with Crippen LogP contribution >= 0.6 is 0 Å². The molecule has 0 aliphatic carbocycles. The third-order valence-corrected chi connectivity index (χ3v) is 3.28. The topological polar surface area (TPSA) is 51.8 Å². The van der Waals surface area contributed by atoms with E-state index in [1.807, 2.05) is 42.9 Å². The predicted molar refractivity (Wildman–Crippen MR) is 76.6 cm³/mol. The summed E-state index contributed by atoms with van der Waals surface area (Å²) in [4.78, 5) is 8.40. The van der Waals surface area contributed by atoms with Gasteiger partial charge in [0.2, 0.25) is 0 Å². The lowest BCUT2D eigenvalue weighted by Gasteiger charge is -2.14. The summed E-state index contributed by atoms with van der Waals surface area (Å²) in [6.07, 6.45) is 8.13. The van der Waals surface area contributed by atoms with Gasteiger partial charge in [-0.05, 0) is 29.0 Å². The van der Waals surface area contributed by atoms with Crippen LogP contribution < -0.4 is 5.73 Å². The van der Waals surface area contributed by atoms with E-state index in [2.05, 4.69) is 22.1 Å². The number of fused-ring (bicyclic) bond motifs is 1. The molecule has 2 N–H and O–H groups in total. The van der Waals surface area contributed by atoms with Crippen LogP contribution in [0.3, 0.4) is 0 Å². The number of hydrogen-bond donors (Lipinski definition) is 1. The van der Waals surface area contributed by atoms with Gasteiger partial charge in [-0.25, -0.2) is 0 Å². The van der Waals surface area contributed by atoms with E-state index in [1.165, 1.54) is 5.39 Å². The van der Waals surface area contributed by atoms with E-state index < -0.39 is 0 Å². The van der Waals surface area contributed by atoms with Crippen molar-refractivity contribution in [3.8, 4) is 0 Å². The van der Waals surface area contributed by atoms with Crippen molar-refractivity contribution in [2.45, 2.75) is 12.5 Å². The van der Waals surface area contributed by atoms with Gasteiger partial charge in [0.1, 0.15) is 0 Å². The highest BCUT2D eigenvalue weighted by atomic mass is 14.7. The summed E-state index contributed by atoms with van der Waals surface area (Å²) in [5, 5.41) is 2.30. The maximum Gasteiger partial charge on any atom is 0.0357 e. The Labute approximate surface area is 112 Å². The molecule has 3 nitrogen and oxygen atoms in total. The molecule has 94 valence electrons. The molecular formula is C16H15N3. The van der Waals surface area contributed by atoms with Crippen LogP contribution in [0.1, 0.15) is 17.2 Å². The summed E-state index contributed by atoms with van der Waals surface area (Å²) in [5.41, 5.74) is 8.55. The van der Waals surface area contributed by atoms with E-state index in [1.54, 1.807) is 6.20 Å². The lowest BCUT2D eigenvalue weighted by Crippen LogP contribution is -2.14. The van der Waals surface area contributed by atoms with Gasteiger partial charge in [0.15, 0.2) is 0 Å². The third-order valence-electron chi connectivity index (χ3n) is 3.28. The number of pyridine rings is 2. The van der Waals surface area contributed by atoms with Crippen molar-refractivity contribution in [3.05, 3.63) is 72.3 Å². The molecule has 2 aromatic heterocycles. The first-order chi connectivity index (χ1) is 9.34. The van der Waals surface area contributed by atoms with E-state index in [0.29, 0.717) is 0 Å². The Morgan fingerprint density at radius 2 is 1.84 bits per heavy atom. The Morgan fingerprint density at radius 3 is 2.68 bits per heavy atom. The molecule has 0 amide bonds. The molecule has 3 heteroatoms. The minimum atomic E-state index is -0.0669. The highest BCUT2D eigenvalue weighted by Crippen LogP contribution is 2.23. The average molecular weight is 249 g/mol. The van der Waals surface area contributed by atoms with Crippen LogP contribution in [0, 0.1) is 0 Å². The number of benzene rings is 1. The maximum atomic E-state index is 6.33. The quantitative estimate of drug-likeness (QED) is 0.776. The van der Waals surface area contributed by atoms with E-state index >= 15 is 0 Å². The number of nitrogens with zero attached hydrogens (tertiary/aromatic N) is 2. The normalized spacial score (nSPS) is 12.5. The zero-order valence-corrected chi connectivity index (χ0v) is 10.5. The van der Waals surface area contributed by atoms with Crippen molar-refractivity contribution in [1.82, 2.24) is 9.97 Å². The monoisotopic (exact) mass is 249 g/mol. The van der Waals surface area contributed by atoms with E-state index in [4.69, 9.17) is 5.73 Å². The number of hydrogen-bond acceptors (Lipinski definition) is 3. The molecule has 0 fully saturated rings. The first-order valence-electron chi connectivity index (χ1n) is 6.32. The van der Waals surface area contributed by atoms with Gasteiger partial charge in [-0.3, -0.25) is 9.97 Å². The van der Waals surface area contributed by atoms with Gasteiger partial charge >= 0.3 is 0 Å². The Bertz CT molecular complexity index is 674. The molecule has 0 aliphatic rings. The van der Waals surface area contributed by atoms with Crippen LogP contribution in [-0.4, -0.2) is 9.97 Å². The van der Waals surface area contributed by atoms with Gasteiger partial charge in [-0.1, -0.05) is 30.3 Å². The second-order valence-electron chi connectivity index (χ2n) is 4.62. The molecule has 19 heavy (non-hydrogen) atoms. The molecule has 0 bridgehead atoms. The van der Waals surface area contributed by atoms with Crippen LogP contribution in [0.15, 0.2) is 61.2 Å². The van der Waals surface area contributed by atoms with Gasteiger partial charge in [0.25, 0.3) is 0 Å². The van der Waals surface area contributed by atoms with Gasteiger partial charge < -0.3 is 5.73 Å². The average Bonchev–Trinajstić information content (AvgIpc) is 2.47. The predicted octanol–water partition coefficient (Wildman–Crippen LogP) is 2.87. The first-order valence-corrected chi connectivity index (χ1v) is 6.32. The van der Waals surface area contributed by atoms with Gasteiger partial charge in [-0.2, -0.15) is 0 Å². The molecule has 3 aromatic rings. The van der Waals surface area contributed by atoms with Crippen LogP contribution in [0.2, 0.25) is 0 Å². The van der Waals surface area contributed by atoms with Crippen molar-refractivity contribution >= 4 is 10.8 Å². The summed E-state index contributed by atoms with van der Waals surface area (Å²) in [7, 11) is 0. The Morgan fingerprint density at radius 1 is 0.947 bits per heavy atom. The second-order valence-corrected chi connectivity index (χ2v) is 4.62. The van der Waals surface area contributed by atoms with Crippen LogP contribution in [0.4, 0.5) is 0 Å². The fourth-order valence-electron chi connectivity index (χ4n) is 2.32. The minimum Gasteiger partial charge on any atom is -0.324 e. The molecule has 0 radical (unpaired) electrons. The highest BCUT2D eigenvalue weighted by molar-refractivity contribution is 5.85. The Kier molecular flexibility index (Phi) is 3.21. The van der Waals surface area contributed by atoms with E-state index in [-0.39, 0.29) is 6.04 Å². The fourth-order valence-corrected chi connectivity index (χ4v) is 2.32. The Balaban J connectivity index is 1.96. The number of aromatic nitrogens is 2. The highest BCUT2D eigenvalue weighted by Gasteiger charge is 2.11. The molecule has 0 saturated carbocycles. The van der Waals surface area contributed by atoms with Crippen LogP contribution in [-0.2, 0) is 6.42 Å². The van der Waals surface area contributed by atoms with Gasteiger partial charge in [0, 0.05) is 36.2 Å². The number of rotatable bonds is 3. The molecule has 3 rings (SSSR count). The van der Waals surface area contributed by atoms with E-state index in [9.17, 15) is 0 Å². The zero-order chi connectivity index (χ0) is 13.1. The molecule has 1 atom stereocenters. The van der Waals surface area contributed by atoms with Crippen LogP contribution in [0.25, 0.3) is 10.8 Å². The second kappa shape index (κ2) is 5.16. The summed E-state index contributed by atoms with van der Waals surface area (Å²) in [6.45, 7) is 0. The van der Waals surface area contributed by atoms with Gasteiger partial charge in [-0.15, -0.1) is 0 Å². The molecule has 2 heterocycles. The molecule has 0 spiro atoms. The smallest absolute Gasteiger partial charge is 0.0357 e. The van der Waals surface area contributed by atoms with Crippen molar-refractivity contribution in [3.63, 3.8) is 0 Å². The maximum absolute atomic E-state index is 6.33. The number of nitrogens with two attached hydrogens (primary N) is 1. The first kappa shape index (κ1) is 11.8. The van der Waals surface area contributed by atoms with Crippen molar-refractivity contribution < 1.29 is 0 Å². The SMILES string of the molecule is NC(Cc1cccnc1)c1cncc2ccccc12. The Hall–Kier alpha value is -2.26. The van der Waals surface area contributed by atoms with E-state index in [0.717, 1.165) is 22.9 Å². The zero-order valence-electron chi connectivity index (χ0n) is 10.5. The molecule has 1 unspecified atom stereocenters. The van der Waals surface area contributed by atoms with Crippen molar-refractivity contribution in [2.75, 3.05) is 0 Å². The lowest BCUT2D eigenvalue weighted by atomic mass is 9.97.